The Labute approximate surface area is 313 Å². The number of para-hydroxylation sites is 2. The topological polar surface area (TPSA) is 8.17 Å². The van der Waals surface area contributed by atoms with Crippen molar-refractivity contribution in [3.63, 3.8) is 0 Å². The van der Waals surface area contributed by atoms with Gasteiger partial charge in [0.2, 0.25) is 0 Å². The summed E-state index contributed by atoms with van der Waals surface area (Å²) in [6.07, 6.45) is 0. The maximum Gasteiger partial charge on any atom is 0.0542 e. The van der Waals surface area contributed by atoms with E-state index in [0.717, 1.165) is 22.7 Å². The van der Waals surface area contributed by atoms with E-state index in [9.17, 15) is 0 Å². The minimum atomic E-state index is 1.11. The summed E-state index contributed by atoms with van der Waals surface area (Å²) >= 11 is 0. The fourth-order valence-electron chi connectivity index (χ4n) is 8.70. The fraction of sp³-hybridized carbons (Fsp3) is 0. The predicted molar refractivity (Wildman–Crippen MR) is 231 cm³/mol. The van der Waals surface area contributed by atoms with Crippen LogP contribution in [0, 0.1) is 0 Å². The molecule has 0 radical (unpaired) electrons. The van der Waals surface area contributed by atoms with Crippen molar-refractivity contribution < 1.29 is 0 Å². The van der Waals surface area contributed by atoms with E-state index in [2.05, 4.69) is 216 Å². The molecule has 0 aliphatic heterocycles. The van der Waals surface area contributed by atoms with E-state index >= 15 is 0 Å². The van der Waals surface area contributed by atoms with Crippen LogP contribution in [-0.2, 0) is 0 Å². The highest BCUT2D eigenvalue weighted by Crippen LogP contribution is 2.43. The number of benzene rings is 10. The fourth-order valence-corrected chi connectivity index (χ4v) is 8.70. The molecule has 2 heteroatoms. The van der Waals surface area contributed by atoms with Crippen LogP contribution in [0.4, 0.5) is 17.1 Å². The van der Waals surface area contributed by atoms with Crippen LogP contribution in [-0.4, -0.2) is 4.57 Å². The van der Waals surface area contributed by atoms with Crippen LogP contribution in [0.2, 0.25) is 0 Å². The van der Waals surface area contributed by atoms with Crippen molar-refractivity contribution in [2.24, 2.45) is 0 Å². The van der Waals surface area contributed by atoms with Gasteiger partial charge in [-0.2, -0.15) is 0 Å². The average Bonchev–Trinajstić information content (AvgIpc) is 3.58. The molecule has 0 saturated heterocycles. The standard InChI is InChI=1S/C52H34N2/c1-2-15-37(16-3-1)54-51-24-11-10-22-48(51)50-34-40(30-32-52(50)54)53(38-27-25-36(26-28-38)42-23-12-14-35-13-4-5-17-41(35)42)39-29-31-47-45-20-7-6-18-43(45)44-19-8-9-21-46(44)49(47)33-39/h1-34H. The van der Waals surface area contributed by atoms with Gasteiger partial charge in [-0.25, -0.2) is 0 Å². The average molecular weight is 687 g/mol. The van der Waals surface area contributed by atoms with Crippen molar-refractivity contribution in [3.05, 3.63) is 206 Å². The first-order chi connectivity index (χ1) is 26.8. The molecule has 252 valence electrons. The third kappa shape index (κ3) is 4.74. The molecule has 10 aromatic carbocycles. The Bertz CT molecular complexity index is 3170. The lowest BCUT2D eigenvalue weighted by Crippen LogP contribution is -2.10. The highest BCUT2D eigenvalue weighted by atomic mass is 15.1. The van der Waals surface area contributed by atoms with Crippen molar-refractivity contribution in [3.8, 4) is 16.8 Å². The Morgan fingerprint density at radius 2 is 0.796 bits per heavy atom. The van der Waals surface area contributed by atoms with Crippen molar-refractivity contribution in [2.75, 3.05) is 4.90 Å². The molecule has 0 spiro atoms. The van der Waals surface area contributed by atoms with Crippen molar-refractivity contribution in [1.82, 2.24) is 4.57 Å². The molecule has 0 amide bonds. The Kier molecular flexibility index (Phi) is 6.90. The van der Waals surface area contributed by atoms with Gasteiger partial charge in [-0.1, -0.05) is 146 Å². The zero-order chi connectivity index (χ0) is 35.6. The third-order valence-electron chi connectivity index (χ3n) is 11.1. The zero-order valence-corrected chi connectivity index (χ0v) is 29.5. The SMILES string of the molecule is c1ccc(-n2c3ccccc3c3cc(N(c4ccc(-c5cccc6ccccc56)cc4)c4ccc5c6ccccc6c6ccccc6c5c4)ccc32)cc1. The number of aromatic nitrogens is 1. The maximum atomic E-state index is 2.42. The van der Waals surface area contributed by atoms with E-state index < -0.39 is 0 Å². The van der Waals surface area contributed by atoms with Crippen LogP contribution >= 0.6 is 0 Å². The van der Waals surface area contributed by atoms with Gasteiger partial charge in [0.15, 0.2) is 0 Å². The molecular weight excluding hydrogens is 653 g/mol. The van der Waals surface area contributed by atoms with Crippen molar-refractivity contribution >= 4 is 82.0 Å². The summed E-state index contributed by atoms with van der Waals surface area (Å²) in [6, 6.07) is 75.3. The highest BCUT2D eigenvalue weighted by molar-refractivity contribution is 6.26. The van der Waals surface area contributed by atoms with Gasteiger partial charge in [0, 0.05) is 33.5 Å². The number of nitrogens with zero attached hydrogens (tertiary/aromatic N) is 2. The summed E-state index contributed by atoms with van der Waals surface area (Å²) in [4.78, 5) is 2.42. The van der Waals surface area contributed by atoms with Gasteiger partial charge < -0.3 is 9.47 Å². The zero-order valence-electron chi connectivity index (χ0n) is 29.5. The molecule has 54 heavy (non-hydrogen) atoms. The van der Waals surface area contributed by atoms with Crippen LogP contribution in [0.1, 0.15) is 0 Å². The summed E-state index contributed by atoms with van der Waals surface area (Å²) in [5, 5.41) is 12.6. The number of hydrogen-bond acceptors (Lipinski definition) is 1. The van der Waals surface area contributed by atoms with Crippen LogP contribution in [0.5, 0.6) is 0 Å². The molecule has 0 fully saturated rings. The molecule has 2 nitrogen and oxygen atoms in total. The van der Waals surface area contributed by atoms with Crippen molar-refractivity contribution in [1.29, 1.82) is 0 Å². The van der Waals surface area contributed by atoms with E-state index in [1.807, 2.05) is 0 Å². The van der Waals surface area contributed by atoms with Crippen LogP contribution in [0.15, 0.2) is 206 Å². The summed E-state index contributed by atoms with van der Waals surface area (Å²) in [6.45, 7) is 0. The van der Waals surface area contributed by atoms with Crippen LogP contribution in [0.3, 0.4) is 0 Å². The summed E-state index contributed by atoms with van der Waals surface area (Å²) < 4.78 is 2.38. The van der Waals surface area contributed by atoms with Gasteiger partial charge >= 0.3 is 0 Å². The Balaban J connectivity index is 1.15. The largest absolute Gasteiger partial charge is 0.310 e. The molecule has 0 saturated carbocycles. The molecule has 0 unspecified atom stereocenters. The second kappa shape index (κ2) is 12.2. The second-order valence-electron chi connectivity index (χ2n) is 14.1. The molecule has 0 bridgehead atoms. The molecule has 11 rings (SSSR count). The maximum absolute atomic E-state index is 2.42. The van der Waals surface area contributed by atoms with Gasteiger partial charge in [-0.05, 0) is 115 Å². The van der Waals surface area contributed by atoms with Gasteiger partial charge in [0.25, 0.3) is 0 Å². The lowest BCUT2D eigenvalue weighted by Gasteiger charge is -2.27. The Morgan fingerprint density at radius 1 is 0.296 bits per heavy atom. The normalized spacial score (nSPS) is 11.7. The highest BCUT2D eigenvalue weighted by Gasteiger charge is 2.19. The van der Waals surface area contributed by atoms with E-state index in [1.165, 1.54) is 76.0 Å². The van der Waals surface area contributed by atoms with Gasteiger partial charge in [0.05, 0.1) is 11.0 Å². The van der Waals surface area contributed by atoms with Crippen molar-refractivity contribution in [2.45, 2.75) is 0 Å². The number of rotatable bonds is 5. The molecule has 1 heterocycles. The molecule has 0 aliphatic rings. The molecular formula is C52H34N2. The predicted octanol–water partition coefficient (Wildman–Crippen LogP) is 14.5. The minimum Gasteiger partial charge on any atom is -0.310 e. The second-order valence-corrected chi connectivity index (χ2v) is 14.1. The van der Waals surface area contributed by atoms with E-state index in [-0.39, 0.29) is 0 Å². The lowest BCUT2D eigenvalue weighted by atomic mass is 9.94. The number of fused-ring (bicyclic) bond motifs is 10. The van der Waals surface area contributed by atoms with Gasteiger partial charge in [0.1, 0.15) is 0 Å². The minimum absolute atomic E-state index is 1.11. The smallest absolute Gasteiger partial charge is 0.0542 e. The van der Waals surface area contributed by atoms with Crippen LogP contribution in [0.25, 0.3) is 81.7 Å². The monoisotopic (exact) mass is 686 g/mol. The van der Waals surface area contributed by atoms with Gasteiger partial charge in [-0.3, -0.25) is 0 Å². The molecule has 1 aromatic heterocycles. The number of hydrogen-bond donors (Lipinski definition) is 0. The van der Waals surface area contributed by atoms with E-state index in [0.29, 0.717) is 0 Å². The summed E-state index contributed by atoms with van der Waals surface area (Å²) in [5.74, 6) is 0. The first kappa shape index (κ1) is 30.5. The third-order valence-corrected chi connectivity index (χ3v) is 11.1. The first-order valence-electron chi connectivity index (χ1n) is 18.6. The van der Waals surface area contributed by atoms with E-state index in [1.54, 1.807) is 0 Å². The number of anilines is 3. The first-order valence-corrected chi connectivity index (χ1v) is 18.6. The van der Waals surface area contributed by atoms with Gasteiger partial charge in [-0.15, -0.1) is 0 Å². The molecule has 0 aliphatic carbocycles. The molecule has 11 aromatic rings. The van der Waals surface area contributed by atoms with E-state index in [4.69, 9.17) is 0 Å². The molecule has 0 N–H and O–H groups in total. The summed E-state index contributed by atoms with van der Waals surface area (Å²) in [7, 11) is 0. The molecule has 0 atom stereocenters. The lowest BCUT2D eigenvalue weighted by molar-refractivity contribution is 1.18. The Hall–Kier alpha value is -7.16. The Morgan fingerprint density at radius 3 is 1.52 bits per heavy atom. The quantitative estimate of drug-likeness (QED) is 0.164. The summed E-state index contributed by atoms with van der Waals surface area (Å²) in [5.41, 5.74) is 9.32. The van der Waals surface area contributed by atoms with Crippen LogP contribution < -0.4 is 4.90 Å².